The van der Waals surface area contributed by atoms with Crippen LogP contribution in [0.5, 0.6) is 0 Å². The standard InChI is InChI=1S/C27H40F2/c1-2-3-4-5-6-7-21-10-15-24(16-11-21)25-17-12-22(13-18-25)8-9-23-14-19-26(28)27(29)20-23/h6-7,14,19-22,24-25H,2-5,8-13,15-18H2,1H3. The Morgan fingerprint density at radius 1 is 0.862 bits per heavy atom. The van der Waals surface area contributed by atoms with Gasteiger partial charge in [0.05, 0.1) is 0 Å². The van der Waals surface area contributed by atoms with Crippen LogP contribution in [0.4, 0.5) is 8.78 Å². The third kappa shape index (κ3) is 7.23. The predicted octanol–water partition coefficient (Wildman–Crippen LogP) is 8.65. The lowest BCUT2D eigenvalue weighted by atomic mass is 9.68. The SMILES string of the molecule is CCCCCC=CC1CCC(C2CCC(CCc3ccc(F)c(F)c3)CC2)CC1. The quantitative estimate of drug-likeness (QED) is 0.286. The summed E-state index contributed by atoms with van der Waals surface area (Å²) in [5.74, 6) is 2.03. The summed E-state index contributed by atoms with van der Waals surface area (Å²) in [5, 5.41) is 0. The molecule has 2 heteroatoms. The van der Waals surface area contributed by atoms with Crippen LogP contribution in [0, 0.1) is 35.3 Å². The Kier molecular flexibility index (Phi) is 9.21. The molecule has 0 aliphatic heterocycles. The zero-order valence-electron chi connectivity index (χ0n) is 18.4. The second-order valence-electron chi connectivity index (χ2n) is 9.67. The first kappa shape index (κ1) is 22.5. The van der Waals surface area contributed by atoms with Gasteiger partial charge < -0.3 is 0 Å². The van der Waals surface area contributed by atoms with Gasteiger partial charge in [-0.3, -0.25) is 0 Å². The van der Waals surface area contributed by atoms with Crippen LogP contribution in [-0.2, 0) is 6.42 Å². The van der Waals surface area contributed by atoms with Crippen molar-refractivity contribution in [2.45, 2.75) is 96.8 Å². The van der Waals surface area contributed by atoms with Crippen LogP contribution in [0.1, 0.15) is 96.0 Å². The molecule has 0 aromatic heterocycles. The molecule has 0 bridgehead atoms. The smallest absolute Gasteiger partial charge is 0.159 e. The number of unbranched alkanes of at least 4 members (excludes halogenated alkanes) is 3. The summed E-state index contributed by atoms with van der Waals surface area (Å²) in [6.07, 6.45) is 23.3. The zero-order chi connectivity index (χ0) is 20.5. The Labute approximate surface area is 177 Å². The van der Waals surface area contributed by atoms with Crippen molar-refractivity contribution in [3.8, 4) is 0 Å². The summed E-state index contributed by atoms with van der Waals surface area (Å²) in [6.45, 7) is 2.27. The molecule has 162 valence electrons. The van der Waals surface area contributed by atoms with E-state index in [1.54, 1.807) is 6.07 Å². The number of rotatable bonds is 9. The molecule has 1 aromatic rings. The maximum absolute atomic E-state index is 13.4. The van der Waals surface area contributed by atoms with E-state index in [2.05, 4.69) is 19.1 Å². The second-order valence-corrected chi connectivity index (χ2v) is 9.67. The molecule has 3 rings (SSSR count). The van der Waals surface area contributed by atoms with Crippen molar-refractivity contribution < 1.29 is 8.78 Å². The van der Waals surface area contributed by atoms with E-state index >= 15 is 0 Å². The molecule has 2 aliphatic rings. The number of halogens is 2. The summed E-state index contributed by atoms with van der Waals surface area (Å²) < 4.78 is 26.4. The summed E-state index contributed by atoms with van der Waals surface area (Å²) in [6, 6.07) is 4.37. The highest BCUT2D eigenvalue weighted by Gasteiger charge is 2.30. The monoisotopic (exact) mass is 402 g/mol. The van der Waals surface area contributed by atoms with Crippen molar-refractivity contribution >= 4 is 0 Å². The first-order valence-corrected chi connectivity index (χ1v) is 12.3. The molecule has 0 spiro atoms. The van der Waals surface area contributed by atoms with Gasteiger partial charge in [0.25, 0.3) is 0 Å². The van der Waals surface area contributed by atoms with Gasteiger partial charge in [-0.1, -0.05) is 50.8 Å². The van der Waals surface area contributed by atoms with E-state index in [0.29, 0.717) is 0 Å². The first-order chi connectivity index (χ1) is 14.2. The number of allylic oxidation sites excluding steroid dienone is 2. The van der Waals surface area contributed by atoms with Crippen molar-refractivity contribution in [1.29, 1.82) is 0 Å². The lowest BCUT2D eigenvalue weighted by molar-refractivity contribution is 0.152. The fraction of sp³-hybridized carbons (Fsp3) is 0.704. The highest BCUT2D eigenvalue weighted by Crippen LogP contribution is 2.42. The number of benzene rings is 1. The van der Waals surface area contributed by atoms with E-state index < -0.39 is 11.6 Å². The number of hydrogen-bond acceptors (Lipinski definition) is 0. The molecule has 2 aliphatic carbocycles. The summed E-state index contributed by atoms with van der Waals surface area (Å²) >= 11 is 0. The minimum Gasteiger partial charge on any atom is -0.204 e. The Morgan fingerprint density at radius 2 is 1.55 bits per heavy atom. The van der Waals surface area contributed by atoms with E-state index in [1.807, 2.05) is 0 Å². The molecule has 0 heterocycles. The predicted molar refractivity (Wildman–Crippen MR) is 119 cm³/mol. The van der Waals surface area contributed by atoms with Gasteiger partial charge in [-0.05, 0) is 106 Å². The molecule has 0 amide bonds. The van der Waals surface area contributed by atoms with Crippen molar-refractivity contribution in [2.75, 3.05) is 0 Å². The summed E-state index contributed by atoms with van der Waals surface area (Å²) in [5.41, 5.74) is 0.937. The van der Waals surface area contributed by atoms with Crippen LogP contribution in [0.2, 0.25) is 0 Å². The lowest BCUT2D eigenvalue weighted by Crippen LogP contribution is -2.25. The Balaban J connectivity index is 1.32. The molecule has 1 aromatic carbocycles. The van der Waals surface area contributed by atoms with Gasteiger partial charge in [0.1, 0.15) is 0 Å². The minimum absolute atomic E-state index is 0.711. The van der Waals surface area contributed by atoms with Gasteiger partial charge in [0, 0.05) is 0 Å². The van der Waals surface area contributed by atoms with Crippen LogP contribution < -0.4 is 0 Å². The lowest BCUT2D eigenvalue weighted by Gasteiger charge is -2.37. The van der Waals surface area contributed by atoms with Crippen LogP contribution in [0.25, 0.3) is 0 Å². The van der Waals surface area contributed by atoms with Gasteiger partial charge in [-0.2, -0.15) is 0 Å². The Bertz CT molecular complexity index is 619. The van der Waals surface area contributed by atoms with Crippen LogP contribution in [0.3, 0.4) is 0 Å². The molecule has 29 heavy (non-hydrogen) atoms. The largest absolute Gasteiger partial charge is 0.204 e. The van der Waals surface area contributed by atoms with Crippen LogP contribution in [0.15, 0.2) is 30.4 Å². The van der Waals surface area contributed by atoms with Crippen LogP contribution in [-0.4, -0.2) is 0 Å². The molecule has 0 nitrogen and oxygen atoms in total. The van der Waals surface area contributed by atoms with E-state index in [0.717, 1.165) is 42.1 Å². The third-order valence-corrected chi connectivity index (χ3v) is 7.58. The average molecular weight is 403 g/mol. The van der Waals surface area contributed by atoms with Gasteiger partial charge in [-0.25, -0.2) is 8.78 Å². The first-order valence-electron chi connectivity index (χ1n) is 12.3. The molecule has 0 radical (unpaired) electrons. The highest BCUT2D eigenvalue weighted by atomic mass is 19.2. The molecule has 0 N–H and O–H groups in total. The maximum Gasteiger partial charge on any atom is 0.159 e. The van der Waals surface area contributed by atoms with Crippen molar-refractivity contribution in [3.05, 3.63) is 47.5 Å². The van der Waals surface area contributed by atoms with Crippen molar-refractivity contribution in [1.82, 2.24) is 0 Å². The molecule has 2 saturated carbocycles. The molecule has 2 fully saturated rings. The fourth-order valence-corrected chi connectivity index (χ4v) is 5.62. The van der Waals surface area contributed by atoms with Gasteiger partial charge in [0.2, 0.25) is 0 Å². The minimum atomic E-state index is -0.740. The number of aryl methyl sites for hydroxylation is 1. The Hall–Kier alpha value is -1.18. The maximum atomic E-state index is 13.4. The Morgan fingerprint density at radius 3 is 2.21 bits per heavy atom. The van der Waals surface area contributed by atoms with E-state index in [9.17, 15) is 8.78 Å². The fourth-order valence-electron chi connectivity index (χ4n) is 5.62. The average Bonchev–Trinajstić information content (AvgIpc) is 2.75. The van der Waals surface area contributed by atoms with Gasteiger partial charge >= 0.3 is 0 Å². The molecular weight excluding hydrogens is 362 g/mol. The topological polar surface area (TPSA) is 0 Å². The summed E-state index contributed by atoms with van der Waals surface area (Å²) in [7, 11) is 0. The second kappa shape index (κ2) is 11.9. The third-order valence-electron chi connectivity index (χ3n) is 7.58. The van der Waals surface area contributed by atoms with E-state index in [4.69, 9.17) is 0 Å². The zero-order valence-corrected chi connectivity index (χ0v) is 18.4. The van der Waals surface area contributed by atoms with Gasteiger partial charge in [0.15, 0.2) is 11.6 Å². The number of hydrogen-bond donors (Lipinski definition) is 0. The molecule has 0 saturated heterocycles. The van der Waals surface area contributed by atoms with E-state index in [1.165, 1.54) is 89.2 Å². The summed E-state index contributed by atoms with van der Waals surface area (Å²) in [4.78, 5) is 0. The van der Waals surface area contributed by atoms with Crippen molar-refractivity contribution in [3.63, 3.8) is 0 Å². The molecule has 0 atom stereocenters. The van der Waals surface area contributed by atoms with E-state index in [-0.39, 0.29) is 0 Å². The van der Waals surface area contributed by atoms with Gasteiger partial charge in [-0.15, -0.1) is 0 Å². The van der Waals surface area contributed by atoms with Crippen molar-refractivity contribution in [2.24, 2.45) is 23.7 Å². The normalized spacial score (nSPS) is 28.1. The van der Waals surface area contributed by atoms with Crippen LogP contribution >= 0.6 is 0 Å². The molecular formula is C27H40F2. The molecule has 0 unspecified atom stereocenters. The highest BCUT2D eigenvalue weighted by molar-refractivity contribution is 5.17.